The second-order valence-electron chi connectivity index (χ2n) is 7.93. The number of nitrogens with one attached hydrogen (secondary N) is 2. The molecule has 1 atom stereocenters. The first-order valence-corrected chi connectivity index (χ1v) is 10.6. The molecule has 0 bridgehead atoms. The Morgan fingerprint density at radius 2 is 1.71 bits per heavy atom. The quantitative estimate of drug-likeness (QED) is 0.312. The van der Waals surface area contributed by atoms with E-state index in [-0.39, 0.29) is 25.0 Å². The van der Waals surface area contributed by atoms with E-state index < -0.39 is 17.9 Å². The molecule has 0 fully saturated rings. The number of urea groups is 1. The van der Waals surface area contributed by atoms with Crippen LogP contribution in [0.2, 0.25) is 0 Å². The number of rotatable bonds is 8. The second kappa shape index (κ2) is 12.1. The fraction of sp³-hybridized carbons (Fsp3) is 0.292. The summed E-state index contributed by atoms with van der Waals surface area (Å²) in [5.74, 6) is -2.04. The molecule has 3 N–H and O–H groups in total. The van der Waals surface area contributed by atoms with Crippen LogP contribution >= 0.6 is 0 Å². The predicted molar refractivity (Wildman–Crippen MR) is 129 cm³/mol. The van der Waals surface area contributed by atoms with Gasteiger partial charge in [0.1, 0.15) is 0 Å². The normalized spacial score (nSPS) is 11.8. The summed E-state index contributed by atoms with van der Waals surface area (Å²) < 4.78 is 0. The number of carboxylic acids is 1. The molecule has 10 heteroatoms. The zero-order valence-electron chi connectivity index (χ0n) is 19.6. The second-order valence-corrected chi connectivity index (χ2v) is 7.93. The van der Waals surface area contributed by atoms with Gasteiger partial charge in [0.15, 0.2) is 0 Å². The van der Waals surface area contributed by atoms with Gasteiger partial charge in [-0.05, 0) is 36.8 Å². The van der Waals surface area contributed by atoms with Crippen LogP contribution in [-0.4, -0.2) is 58.8 Å². The average molecular weight is 468 g/mol. The van der Waals surface area contributed by atoms with Crippen LogP contribution in [0, 0.1) is 12.8 Å². The minimum atomic E-state index is -1.03. The topological polar surface area (TPSA) is 131 Å². The molecule has 0 aliphatic rings. The lowest BCUT2D eigenvalue weighted by molar-refractivity contribution is -0.141. The molecule has 0 aliphatic heterocycles. The number of aryl methyl sites for hydroxylation is 1. The van der Waals surface area contributed by atoms with E-state index in [1.807, 2.05) is 31.2 Å². The summed E-state index contributed by atoms with van der Waals surface area (Å²) >= 11 is 0. The number of carbonyl (C=O) groups is 4. The molecule has 34 heavy (non-hydrogen) atoms. The molecule has 0 aromatic heterocycles. The molecule has 0 saturated carbocycles. The van der Waals surface area contributed by atoms with E-state index >= 15 is 0 Å². The Bertz CT molecular complexity index is 1050. The smallest absolute Gasteiger partial charge is 0.323 e. The standard InChI is InChI=1S/C24H29N5O5/c1-16-5-7-19(8-6-16)14-29(15-30)23(27-24(34)28(4)13-17(2)22(32)33)26-21-11-9-20(10-12-21)25-18(3)31/h5-12,15,17H,13-14H2,1-4H3,(H,25,31)(H,32,33)(H,26,27,34). The highest BCUT2D eigenvalue weighted by atomic mass is 16.4. The molecule has 4 amide bonds. The van der Waals surface area contributed by atoms with Crippen LogP contribution in [0.1, 0.15) is 25.0 Å². The van der Waals surface area contributed by atoms with Gasteiger partial charge in [0.25, 0.3) is 0 Å². The number of amides is 4. The molecule has 0 aliphatic carbocycles. The van der Waals surface area contributed by atoms with E-state index in [1.165, 1.54) is 30.7 Å². The number of carboxylic acid groups (broad SMARTS) is 1. The minimum absolute atomic E-state index is 0.0253. The molecule has 10 nitrogen and oxygen atoms in total. The van der Waals surface area contributed by atoms with Gasteiger partial charge in [0, 0.05) is 26.2 Å². The van der Waals surface area contributed by atoms with E-state index in [0.29, 0.717) is 17.8 Å². The SMILES string of the molecule is CC(=O)Nc1ccc(N=C(NC(=O)N(C)CC(C)C(=O)O)N(C=O)Cc2ccc(C)cc2)cc1. The van der Waals surface area contributed by atoms with Crippen molar-refractivity contribution in [2.75, 3.05) is 18.9 Å². The number of nitrogens with zero attached hydrogens (tertiary/aromatic N) is 3. The van der Waals surface area contributed by atoms with Gasteiger partial charge in [0.2, 0.25) is 18.3 Å². The average Bonchev–Trinajstić information content (AvgIpc) is 2.79. The Morgan fingerprint density at radius 1 is 1.09 bits per heavy atom. The van der Waals surface area contributed by atoms with Gasteiger partial charge in [-0.3, -0.25) is 24.6 Å². The summed E-state index contributed by atoms with van der Waals surface area (Å²) in [5.41, 5.74) is 2.90. The maximum Gasteiger partial charge on any atom is 0.323 e. The lowest BCUT2D eigenvalue weighted by atomic mass is 10.1. The predicted octanol–water partition coefficient (Wildman–Crippen LogP) is 2.96. The molecule has 180 valence electrons. The monoisotopic (exact) mass is 467 g/mol. The van der Waals surface area contributed by atoms with Crippen LogP contribution in [-0.2, 0) is 20.9 Å². The van der Waals surface area contributed by atoms with Gasteiger partial charge in [0.05, 0.1) is 18.2 Å². The first-order valence-electron chi connectivity index (χ1n) is 10.6. The first-order chi connectivity index (χ1) is 16.1. The maximum absolute atomic E-state index is 12.7. The molecular formula is C24H29N5O5. The molecule has 1 unspecified atom stereocenters. The Balaban J connectivity index is 2.32. The van der Waals surface area contributed by atoms with Crippen molar-refractivity contribution in [3.05, 3.63) is 59.7 Å². The number of hydrogen-bond donors (Lipinski definition) is 3. The molecule has 0 radical (unpaired) electrons. The number of benzene rings is 2. The van der Waals surface area contributed by atoms with Gasteiger partial charge in [-0.25, -0.2) is 9.79 Å². The molecule has 2 rings (SSSR count). The largest absolute Gasteiger partial charge is 0.481 e. The summed E-state index contributed by atoms with van der Waals surface area (Å²) in [6.45, 7) is 4.97. The highest BCUT2D eigenvalue weighted by molar-refractivity contribution is 6.01. The Morgan fingerprint density at radius 3 is 2.24 bits per heavy atom. The molecular weight excluding hydrogens is 438 g/mol. The fourth-order valence-corrected chi connectivity index (χ4v) is 2.92. The third-order valence-corrected chi connectivity index (χ3v) is 4.83. The van der Waals surface area contributed by atoms with Crippen LogP contribution < -0.4 is 10.6 Å². The third kappa shape index (κ3) is 8.05. The van der Waals surface area contributed by atoms with E-state index in [9.17, 15) is 19.2 Å². The Kier molecular flexibility index (Phi) is 9.30. The number of aliphatic imine (C=N–C) groups is 1. The van der Waals surface area contributed by atoms with Gasteiger partial charge in [-0.15, -0.1) is 0 Å². The van der Waals surface area contributed by atoms with E-state index in [1.54, 1.807) is 24.3 Å². The lowest BCUT2D eigenvalue weighted by Crippen LogP contribution is -2.49. The molecule has 2 aromatic carbocycles. The molecule has 0 spiro atoms. The first kappa shape index (κ1) is 26.0. The van der Waals surface area contributed by atoms with Gasteiger partial charge < -0.3 is 15.3 Å². The van der Waals surface area contributed by atoms with Crippen molar-refractivity contribution in [3.63, 3.8) is 0 Å². The zero-order chi connectivity index (χ0) is 25.3. The van der Waals surface area contributed by atoms with Crippen molar-refractivity contribution < 1.29 is 24.3 Å². The molecule has 0 heterocycles. The van der Waals surface area contributed by atoms with Crippen LogP contribution in [0.4, 0.5) is 16.2 Å². The summed E-state index contributed by atoms with van der Waals surface area (Å²) in [4.78, 5) is 53.9. The van der Waals surface area contributed by atoms with Crippen molar-refractivity contribution >= 4 is 41.7 Å². The van der Waals surface area contributed by atoms with Crippen LogP contribution in [0.25, 0.3) is 0 Å². The Labute approximate surface area is 198 Å². The number of hydrogen-bond acceptors (Lipinski definition) is 5. The van der Waals surface area contributed by atoms with E-state index in [2.05, 4.69) is 15.6 Å². The highest BCUT2D eigenvalue weighted by Gasteiger charge is 2.21. The van der Waals surface area contributed by atoms with Crippen LogP contribution in [0.15, 0.2) is 53.5 Å². The summed E-state index contributed by atoms with van der Waals surface area (Å²) in [6.07, 6.45) is 0.560. The fourth-order valence-electron chi connectivity index (χ4n) is 2.92. The number of anilines is 1. The third-order valence-electron chi connectivity index (χ3n) is 4.83. The molecule has 0 saturated heterocycles. The van der Waals surface area contributed by atoms with Gasteiger partial charge >= 0.3 is 12.0 Å². The van der Waals surface area contributed by atoms with Gasteiger partial charge in [-0.1, -0.05) is 36.8 Å². The van der Waals surface area contributed by atoms with E-state index in [0.717, 1.165) is 11.1 Å². The van der Waals surface area contributed by atoms with Crippen molar-refractivity contribution in [1.29, 1.82) is 0 Å². The lowest BCUT2D eigenvalue weighted by Gasteiger charge is -2.24. The zero-order valence-corrected chi connectivity index (χ0v) is 19.6. The summed E-state index contributed by atoms with van der Waals surface area (Å²) in [6, 6.07) is 13.5. The van der Waals surface area contributed by atoms with Crippen LogP contribution in [0.5, 0.6) is 0 Å². The number of aliphatic carboxylic acids is 1. The summed E-state index contributed by atoms with van der Waals surface area (Å²) in [5, 5.41) is 14.4. The van der Waals surface area contributed by atoms with Gasteiger partial charge in [-0.2, -0.15) is 0 Å². The maximum atomic E-state index is 12.7. The summed E-state index contributed by atoms with van der Waals surface area (Å²) in [7, 11) is 1.46. The van der Waals surface area contributed by atoms with Crippen molar-refractivity contribution in [2.45, 2.75) is 27.3 Å². The molecule has 2 aromatic rings. The minimum Gasteiger partial charge on any atom is -0.481 e. The number of guanidine groups is 1. The van der Waals surface area contributed by atoms with E-state index in [4.69, 9.17) is 5.11 Å². The van der Waals surface area contributed by atoms with Crippen molar-refractivity contribution in [3.8, 4) is 0 Å². The highest BCUT2D eigenvalue weighted by Crippen LogP contribution is 2.17. The number of carbonyl (C=O) groups excluding carboxylic acids is 3. The van der Waals surface area contributed by atoms with Crippen molar-refractivity contribution in [1.82, 2.24) is 15.1 Å². The Hall–Kier alpha value is -4.21. The van der Waals surface area contributed by atoms with Crippen molar-refractivity contribution in [2.24, 2.45) is 10.9 Å². The van der Waals surface area contributed by atoms with Crippen LogP contribution in [0.3, 0.4) is 0 Å².